The van der Waals surface area contributed by atoms with Crippen LogP contribution in [0.25, 0.3) is 0 Å². The lowest BCUT2D eigenvalue weighted by Gasteiger charge is -2.12. The zero-order valence-corrected chi connectivity index (χ0v) is 11.7. The van der Waals surface area contributed by atoms with Crippen molar-refractivity contribution >= 4 is 19.9 Å². The lowest BCUT2D eigenvalue weighted by atomic mass is 10.2. The van der Waals surface area contributed by atoms with E-state index in [-0.39, 0.29) is 22.9 Å². The third kappa shape index (κ3) is 3.07. The van der Waals surface area contributed by atoms with Crippen LogP contribution in [0.1, 0.15) is 12.8 Å². The van der Waals surface area contributed by atoms with Gasteiger partial charge >= 0.3 is 0 Å². The molecule has 1 aromatic carbocycles. The number of benzene rings is 1. The van der Waals surface area contributed by atoms with E-state index in [4.69, 9.17) is 0 Å². The molecule has 106 valence electrons. The molecule has 0 aliphatic carbocycles. The Kier molecular flexibility index (Phi) is 3.84. The second-order valence-corrected chi connectivity index (χ2v) is 8.59. The summed E-state index contributed by atoms with van der Waals surface area (Å²) in [5.74, 6) is -0.250. The normalized spacial score (nSPS) is 22.4. The number of sulfone groups is 1. The molecule has 19 heavy (non-hydrogen) atoms. The third-order valence-corrected chi connectivity index (χ3v) is 6.87. The molecule has 0 aromatic heterocycles. The maximum atomic E-state index is 12.0. The highest BCUT2D eigenvalue weighted by atomic mass is 32.2. The second kappa shape index (κ2) is 5.10. The number of phenolic OH excluding ortho intramolecular Hbond substituents is 1. The van der Waals surface area contributed by atoms with Gasteiger partial charge in [0, 0.05) is 6.54 Å². The zero-order valence-electron chi connectivity index (χ0n) is 10.1. The van der Waals surface area contributed by atoms with Crippen molar-refractivity contribution in [3.8, 4) is 5.75 Å². The predicted octanol–water partition coefficient (Wildman–Crippen LogP) is 0.248. The zero-order chi connectivity index (χ0) is 14.1. The van der Waals surface area contributed by atoms with Gasteiger partial charge in [0.1, 0.15) is 10.6 Å². The molecule has 1 aliphatic heterocycles. The summed E-state index contributed by atoms with van der Waals surface area (Å²) >= 11 is 0. The Balaban J connectivity index is 2.13. The standard InChI is InChI=1S/C11H15NO5S2/c13-10-5-1-2-6-11(10)19(16,17)12-8-9-4-3-7-18(9,14)15/h1-2,5-6,9,12-13H,3-4,7-8H2. The van der Waals surface area contributed by atoms with Gasteiger partial charge in [-0.25, -0.2) is 21.6 Å². The number of sulfonamides is 1. The average Bonchev–Trinajstić information content (AvgIpc) is 2.66. The molecule has 2 rings (SSSR count). The Hall–Kier alpha value is -1.12. The molecular weight excluding hydrogens is 290 g/mol. The Morgan fingerprint density at radius 1 is 1.32 bits per heavy atom. The fourth-order valence-corrected chi connectivity index (χ4v) is 5.10. The van der Waals surface area contributed by atoms with Gasteiger partial charge in [-0.3, -0.25) is 0 Å². The van der Waals surface area contributed by atoms with E-state index in [0.717, 1.165) is 0 Å². The van der Waals surface area contributed by atoms with Crippen LogP contribution in [0.3, 0.4) is 0 Å². The summed E-state index contributed by atoms with van der Waals surface area (Å²) in [4.78, 5) is -0.245. The third-order valence-electron chi connectivity index (χ3n) is 3.12. The maximum absolute atomic E-state index is 12.0. The number of aromatic hydroxyl groups is 1. The molecule has 0 bridgehead atoms. The van der Waals surface area contributed by atoms with Gasteiger partial charge in [-0.1, -0.05) is 12.1 Å². The van der Waals surface area contributed by atoms with Gasteiger partial charge in [-0.15, -0.1) is 0 Å². The minimum Gasteiger partial charge on any atom is -0.507 e. The molecule has 1 aliphatic rings. The topological polar surface area (TPSA) is 101 Å². The van der Waals surface area contributed by atoms with E-state index >= 15 is 0 Å². The van der Waals surface area contributed by atoms with Crippen LogP contribution >= 0.6 is 0 Å². The van der Waals surface area contributed by atoms with E-state index in [1.165, 1.54) is 24.3 Å². The van der Waals surface area contributed by atoms with Crippen LogP contribution in [-0.4, -0.2) is 39.5 Å². The molecule has 8 heteroatoms. The maximum Gasteiger partial charge on any atom is 0.244 e. The largest absolute Gasteiger partial charge is 0.507 e. The summed E-state index contributed by atoms with van der Waals surface area (Å²) in [6.45, 7) is -0.154. The van der Waals surface area contributed by atoms with Gasteiger partial charge in [-0.2, -0.15) is 0 Å². The van der Waals surface area contributed by atoms with E-state index in [0.29, 0.717) is 12.8 Å². The molecule has 1 atom stereocenters. The van der Waals surface area contributed by atoms with Crippen LogP contribution in [-0.2, 0) is 19.9 Å². The van der Waals surface area contributed by atoms with Crippen LogP contribution in [0.2, 0.25) is 0 Å². The first kappa shape index (κ1) is 14.3. The first-order chi connectivity index (χ1) is 8.83. The second-order valence-electron chi connectivity index (χ2n) is 4.45. The molecule has 0 saturated carbocycles. The molecule has 1 heterocycles. The lowest BCUT2D eigenvalue weighted by molar-refractivity contribution is 0.458. The van der Waals surface area contributed by atoms with Gasteiger partial charge in [0.2, 0.25) is 10.0 Å². The van der Waals surface area contributed by atoms with E-state index in [9.17, 15) is 21.9 Å². The molecule has 6 nitrogen and oxygen atoms in total. The van der Waals surface area contributed by atoms with Crippen molar-refractivity contribution < 1.29 is 21.9 Å². The molecule has 1 unspecified atom stereocenters. The molecule has 1 fully saturated rings. The van der Waals surface area contributed by atoms with E-state index in [2.05, 4.69) is 4.72 Å². The summed E-state index contributed by atoms with van der Waals surface area (Å²) < 4.78 is 49.4. The quantitative estimate of drug-likeness (QED) is 0.830. The molecule has 1 aromatic rings. The van der Waals surface area contributed by atoms with E-state index in [1.807, 2.05) is 0 Å². The van der Waals surface area contributed by atoms with Crippen LogP contribution in [0.5, 0.6) is 5.75 Å². The molecule has 1 saturated heterocycles. The monoisotopic (exact) mass is 305 g/mol. The smallest absolute Gasteiger partial charge is 0.244 e. The summed E-state index contributed by atoms with van der Waals surface area (Å²) in [7, 11) is -7.08. The van der Waals surface area contributed by atoms with Gasteiger partial charge in [0.25, 0.3) is 0 Å². The van der Waals surface area contributed by atoms with Crippen LogP contribution < -0.4 is 4.72 Å². The predicted molar refractivity (Wildman–Crippen MR) is 70.1 cm³/mol. The summed E-state index contributed by atoms with van der Waals surface area (Å²) in [6.07, 6.45) is 1.02. The lowest BCUT2D eigenvalue weighted by Crippen LogP contribution is -2.34. The number of rotatable bonds is 4. The minimum absolute atomic E-state index is 0.107. The van der Waals surface area contributed by atoms with Crippen molar-refractivity contribution in [1.29, 1.82) is 0 Å². The van der Waals surface area contributed by atoms with Gasteiger partial charge in [0.15, 0.2) is 9.84 Å². The summed E-state index contributed by atoms with van der Waals surface area (Å²) in [5.41, 5.74) is 0. The summed E-state index contributed by atoms with van der Waals surface area (Å²) in [5, 5.41) is 8.83. The first-order valence-electron chi connectivity index (χ1n) is 5.82. The Bertz CT molecular complexity index is 666. The molecule has 0 amide bonds. The Labute approximate surface area is 112 Å². The number of hydrogen-bond donors (Lipinski definition) is 2. The van der Waals surface area contributed by atoms with Gasteiger partial charge < -0.3 is 5.11 Å². The highest BCUT2D eigenvalue weighted by Gasteiger charge is 2.32. The van der Waals surface area contributed by atoms with Crippen LogP contribution in [0, 0.1) is 0 Å². The first-order valence-corrected chi connectivity index (χ1v) is 9.02. The van der Waals surface area contributed by atoms with E-state index < -0.39 is 25.1 Å². The van der Waals surface area contributed by atoms with Crippen molar-refractivity contribution in [1.82, 2.24) is 4.72 Å². The molecule has 0 radical (unpaired) electrons. The number of hydrogen-bond acceptors (Lipinski definition) is 5. The number of nitrogens with one attached hydrogen (secondary N) is 1. The van der Waals surface area contributed by atoms with Crippen molar-refractivity contribution in [3.05, 3.63) is 24.3 Å². The molecular formula is C11H15NO5S2. The summed E-state index contributed by atoms with van der Waals surface area (Å²) in [6, 6.07) is 5.53. The molecule has 0 spiro atoms. The highest BCUT2D eigenvalue weighted by molar-refractivity contribution is 7.92. The number of phenols is 1. The molecule has 2 N–H and O–H groups in total. The highest BCUT2D eigenvalue weighted by Crippen LogP contribution is 2.23. The Morgan fingerprint density at radius 2 is 2.00 bits per heavy atom. The van der Waals surface area contributed by atoms with Crippen molar-refractivity contribution in [2.24, 2.45) is 0 Å². The SMILES string of the molecule is O=S(=O)(NCC1CCCS1(=O)=O)c1ccccc1O. The Morgan fingerprint density at radius 3 is 2.58 bits per heavy atom. The van der Waals surface area contributed by atoms with Crippen molar-refractivity contribution in [2.75, 3.05) is 12.3 Å². The van der Waals surface area contributed by atoms with Crippen molar-refractivity contribution in [2.45, 2.75) is 23.0 Å². The fraction of sp³-hybridized carbons (Fsp3) is 0.455. The van der Waals surface area contributed by atoms with E-state index in [1.54, 1.807) is 0 Å². The fourth-order valence-electron chi connectivity index (χ4n) is 2.05. The average molecular weight is 305 g/mol. The van der Waals surface area contributed by atoms with Crippen LogP contribution in [0.15, 0.2) is 29.2 Å². The number of para-hydroxylation sites is 1. The minimum atomic E-state index is -3.89. The van der Waals surface area contributed by atoms with Gasteiger partial charge in [0.05, 0.1) is 11.0 Å². The van der Waals surface area contributed by atoms with Crippen molar-refractivity contribution in [3.63, 3.8) is 0 Å². The van der Waals surface area contributed by atoms with Gasteiger partial charge in [-0.05, 0) is 25.0 Å². The van der Waals surface area contributed by atoms with Crippen LogP contribution in [0.4, 0.5) is 0 Å².